The van der Waals surface area contributed by atoms with E-state index in [1.54, 1.807) is 24.4 Å². The first kappa shape index (κ1) is 25.6. The molecule has 1 spiro atoms. The smallest absolute Gasteiger partial charge is 0.270 e. The molecule has 3 aliphatic rings. The van der Waals surface area contributed by atoms with Crippen LogP contribution in [0, 0.1) is 23.0 Å². The number of amides is 1. The van der Waals surface area contributed by atoms with Crippen LogP contribution < -0.4 is 5.32 Å². The molecule has 0 aliphatic carbocycles. The van der Waals surface area contributed by atoms with Crippen LogP contribution in [0.3, 0.4) is 0 Å². The molecule has 1 fully saturated rings. The van der Waals surface area contributed by atoms with Gasteiger partial charge in [-0.1, -0.05) is 84.4 Å². The SMILES string of the molecule is Cc1ccc(C(=O)[C@H]2[C@@H](C(=O)c3cccc([N+](=O)[O-])c3)[C@]3(C(=O)Nc4ccccc43)[C@H]3c4ccccc4C=CN23)cc1. The summed E-state index contributed by atoms with van der Waals surface area (Å²) in [7, 11) is 0. The maximum absolute atomic E-state index is 14.8. The van der Waals surface area contributed by atoms with Crippen LogP contribution in [0.2, 0.25) is 0 Å². The normalized spacial score (nSPS) is 23.2. The van der Waals surface area contributed by atoms with Gasteiger partial charge in [0.1, 0.15) is 11.5 Å². The molecule has 0 unspecified atom stereocenters. The largest absolute Gasteiger partial charge is 0.358 e. The molecule has 0 aromatic heterocycles. The number of hydrogen-bond acceptors (Lipinski definition) is 6. The highest BCUT2D eigenvalue weighted by molar-refractivity contribution is 6.16. The van der Waals surface area contributed by atoms with Crippen LogP contribution in [0.4, 0.5) is 11.4 Å². The standard InChI is InChI=1S/C34H25N3O5/c1-20-13-15-22(16-14-20)31(39)29-28(30(38)23-8-6-9-24(19-23)37(41)42)34(26-11-4-5-12-27(26)35-33(34)40)32-25-10-3-2-7-21(25)17-18-36(29)32/h2-19,28-29,32H,1H3,(H,35,40)/t28-,29+,32+,34-/m0/s1. The third-order valence-electron chi connectivity index (χ3n) is 8.80. The number of nitrogens with zero attached hydrogens (tertiary/aromatic N) is 2. The van der Waals surface area contributed by atoms with Gasteiger partial charge in [0.15, 0.2) is 11.6 Å². The summed E-state index contributed by atoms with van der Waals surface area (Å²) in [4.78, 5) is 56.7. The van der Waals surface area contributed by atoms with E-state index >= 15 is 0 Å². The summed E-state index contributed by atoms with van der Waals surface area (Å²) >= 11 is 0. The van der Waals surface area contributed by atoms with Crippen molar-refractivity contribution < 1.29 is 19.3 Å². The van der Waals surface area contributed by atoms with Gasteiger partial charge in [0.2, 0.25) is 5.91 Å². The summed E-state index contributed by atoms with van der Waals surface area (Å²) in [5.74, 6) is -2.39. The van der Waals surface area contributed by atoms with Crippen molar-refractivity contribution in [3.63, 3.8) is 0 Å². The lowest BCUT2D eigenvalue weighted by molar-refractivity contribution is -0.384. The second-order valence-electron chi connectivity index (χ2n) is 11.0. The number of carbonyl (C=O) groups is 3. The second-order valence-corrected chi connectivity index (χ2v) is 11.0. The molecule has 4 aromatic rings. The van der Waals surface area contributed by atoms with Gasteiger partial charge in [-0.25, -0.2) is 0 Å². The first-order valence-corrected chi connectivity index (χ1v) is 13.7. The molecule has 3 aliphatic heterocycles. The van der Waals surface area contributed by atoms with Gasteiger partial charge in [-0.05, 0) is 35.8 Å². The van der Waals surface area contributed by atoms with E-state index in [0.29, 0.717) is 16.8 Å². The summed E-state index contributed by atoms with van der Waals surface area (Å²) in [6.45, 7) is 1.92. The first-order valence-electron chi connectivity index (χ1n) is 13.7. The van der Waals surface area contributed by atoms with Crippen molar-refractivity contribution in [2.24, 2.45) is 5.92 Å². The van der Waals surface area contributed by atoms with Crippen LogP contribution in [-0.4, -0.2) is 33.3 Å². The Hall–Kier alpha value is -5.37. The van der Waals surface area contributed by atoms with Crippen molar-refractivity contribution in [2.75, 3.05) is 5.32 Å². The zero-order valence-corrected chi connectivity index (χ0v) is 22.6. The van der Waals surface area contributed by atoms with E-state index in [9.17, 15) is 24.5 Å². The lowest BCUT2D eigenvalue weighted by atomic mass is 9.62. The van der Waals surface area contributed by atoms with E-state index in [1.807, 2.05) is 72.5 Å². The number of non-ortho nitro benzene ring substituents is 1. The lowest BCUT2D eigenvalue weighted by Crippen LogP contribution is -2.49. The van der Waals surface area contributed by atoms with Crippen LogP contribution in [-0.2, 0) is 10.2 Å². The van der Waals surface area contributed by atoms with Gasteiger partial charge in [-0.2, -0.15) is 0 Å². The molecule has 1 N–H and O–H groups in total. The van der Waals surface area contributed by atoms with Crippen molar-refractivity contribution in [3.05, 3.63) is 147 Å². The Labute approximate surface area is 241 Å². The summed E-state index contributed by atoms with van der Waals surface area (Å²) in [6.07, 6.45) is 3.70. The molecular formula is C34H25N3O5. The van der Waals surface area contributed by atoms with Crippen molar-refractivity contribution in [1.29, 1.82) is 0 Å². The minimum atomic E-state index is -1.50. The number of aryl methyl sites for hydroxylation is 1. The summed E-state index contributed by atoms with van der Waals surface area (Å²) in [5, 5.41) is 14.7. The molecule has 0 radical (unpaired) electrons. The highest BCUT2D eigenvalue weighted by Crippen LogP contribution is 2.62. The predicted octanol–water partition coefficient (Wildman–Crippen LogP) is 5.88. The molecule has 4 atom stereocenters. The highest BCUT2D eigenvalue weighted by Gasteiger charge is 2.70. The number of nitrogens with one attached hydrogen (secondary N) is 1. The lowest BCUT2D eigenvalue weighted by Gasteiger charge is -2.38. The van der Waals surface area contributed by atoms with Gasteiger partial charge in [0.05, 0.1) is 16.9 Å². The quantitative estimate of drug-likeness (QED) is 0.187. The van der Waals surface area contributed by atoms with Crippen LogP contribution in [0.1, 0.15) is 49.0 Å². The van der Waals surface area contributed by atoms with E-state index in [2.05, 4.69) is 5.32 Å². The van der Waals surface area contributed by atoms with Crippen molar-refractivity contribution in [3.8, 4) is 0 Å². The van der Waals surface area contributed by atoms with E-state index in [0.717, 1.165) is 16.7 Å². The maximum Gasteiger partial charge on any atom is 0.270 e. The average molecular weight is 556 g/mol. The molecular weight excluding hydrogens is 530 g/mol. The number of ketones is 2. The third-order valence-corrected chi connectivity index (χ3v) is 8.80. The minimum Gasteiger partial charge on any atom is -0.358 e. The van der Waals surface area contributed by atoms with Crippen molar-refractivity contribution in [1.82, 2.24) is 4.90 Å². The fourth-order valence-corrected chi connectivity index (χ4v) is 7.01. The van der Waals surface area contributed by atoms with E-state index in [4.69, 9.17) is 0 Å². The number of Topliss-reactive ketones (excluding diaryl/α,β-unsaturated/α-hetero) is 2. The number of para-hydroxylation sites is 1. The van der Waals surface area contributed by atoms with Gasteiger partial charge in [0, 0.05) is 35.1 Å². The monoisotopic (exact) mass is 555 g/mol. The molecule has 7 rings (SSSR count). The Kier molecular flexibility index (Phi) is 5.69. The Morgan fingerprint density at radius 1 is 0.881 bits per heavy atom. The van der Waals surface area contributed by atoms with Gasteiger partial charge in [0.25, 0.3) is 5.69 Å². The molecule has 3 heterocycles. The molecule has 8 heteroatoms. The van der Waals surface area contributed by atoms with Crippen molar-refractivity contribution >= 4 is 34.9 Å². The van der Waals surface area contributed by atoms with E-state index in [-0.39, 0.29) is 22.9 Å². The summed E-state index contributed by atoms with van der Waals surface area (Å²) < 4.78 is 0. The number of nitro groups is 1. The number of fused-ring (bicyclic) bond motifs is 6. The zero-order valence-electron chi connectivity index (χ0n) is 22.6. The van der Waals surface area contributed by atoms with Crippen LogP contribution in [0.25, 0.3) is 6.08 Å². The number of hydrogen-bond donors (Lipinski definition) is 1. The van der Waals surface area contributed by atoms with Crippen LogP contribution >= 0.6 is 0 Å². The van der Waals surface area contributed by atoms with Crippen LogP contribution in [0.5, 0.6) is 0 Å². The Morgan fingerprint density at radius 2 is 1.62 bits per heavy atom. The molecule has 206 valence electrons. The summed E-state index contributed by atoms with van der Waals surface area (Å²) in [5.41, 5.74) is 2.64. The third kappa shape index (κ3) is 3.51. The Balaban J connectivity index is 1.53. The molecule has 8 nitrogen and oxygen atoms in total. The van der Waals surface area contributed by atoms with Gasteiger partial charge >= 0.3 is 0 Å². The summed E-state index contributed by atoms with van der Waals surface area (Å²) in [6, 6.07) is 25.8. The zero-order chi connectivity index (χ0) is 29.2. The van der Waals surface area contributed by atoms with Crippen LogP contribution in [0.15, 0.2) is 103 Å². The molecule has 42 heavy (non-hydrogen) atoms. The Bertz CT molecular complexity index is 1850. The van der Waals surface area contributed by atoms with E-state index < -0.39 is 34.1 Å². The molecule has 0 bridgehead atoms. The van der Waals surface area contributed by atoms with Crippen molar-refractivity contribution in [2.45, 2.75) is 24.4 Å². The predicted molar refractivity (Wildman–Crippen MR) is 157 cm³/mol. The molecule has 4 aromatic carbocycles. The van der Waals surface area contributed by atoms with Gasteiger partial charge in [-0.15, -0.1) is 0 Å². The van der Waals surface area contributed by atoms with E-state index in [1.165, 1.54) is 24.3 Å². The second kappa shape index (κ2) is 9.34. The fourth-order valence-electron chi connectivity index (χ4n) is 7.01. The fraction of sp³-hybridized carbons (Fsp3) is 0.147. The molecule has 1 saturated heterocycles. The number of nitro benzene ring substituents is 1. The minimum absolute atomic E-state index is 0.0737. The first-order chi connectivity index (χ1) is 20.3. The number of rotatable bonds is 5. The van der Waals surface area contributed by atoms with Gasteiger partial charge < -0.3 is 10.2 Å². The topological polar surface area (TPSA) is 110 Å². The Morgan fingerprint density at radius 3 is 2.40 bits per heavy atom. The number of anilines is 1. The maximum atomic E-state index is 14.8. The molecule has 0 saturated carbocycles. The molecule has 1 amide bonds. The number of carbonyl (C=O) groups excluding carboxylic acids is 3. The van der Waals surface area contributed by atoms with Gasteiger partial charge in [-0.3, -0.25) is 24.5 Å². The number of benzene rings is 4. The average Bonchev–Trinajstić information content (AvgIpc) is 3.49. The highest BCUT2D eigenvalue weighted by atomic mass is 16.6.